The summed E-state index contributed by atoms with van der Waals surface area (Å²) in [6, 6.07) is 6.58. The van der Waals surface area contributed by atoms with Gasteiger partial charge in [0.15, 0.2) is 0 Å². The van der Waals surface area contributed by atoms with Gasteiger partial charge in [-0.15, -0.1) is 0 Å². The maximum absolute atomic E-state index is 10.9. The largest absolute Gasteiger partial charge is 0.481 e. The summed E-state index contributed by atoms with van der Waals surface area (Å²) in [5.74, 6) is 0.214. The highest BCUT2D eigenvalue weighted by atomic mass is 16.4. The molecule has 0 bridgehead atoms. The summed E-state index contributed by atoms with van der Waals surface area (Å²) in [4.78, 5) is 10.9. The fourth-order valence-corrected chi connectivity index (χ4v) is 2.89. The first-order valence-electron chi connectivity index (χ1n) is 6.82. The van der Waals surface area contributed by atoms with Crippen molar-refractivity contribution >= 4 is 5.97 Å². The van der Waals surface area contributed by atoms with E-state index in [4.69, 9.17) is 5.11 Å². The van der Waals surface area contributed by atoms with Gasteiger partial charge >= 0.3 is 5.97 Å². The molecule has 0 saturated heterocycles. The summed E-state index contributed by atoms with van der Waals surface area (Å²) >= 11 is 0. The van der Waals surface area contributed by atoms with Crippen LogP contribution >= 0.6 is 0 Å². The van der Waals surface area contributed by atoms with Crippen LogP contribution in [0.3, 0.4) is 0 Å². The molecule has 98 valence electrons. The summed E-state index contributed by atoms with van der Waals surface area (Å²) in [6.07, 6.45) is 2.99. The Morgan fingerprint density at radius 1 is 1.44 bits per heavy atom. The molecule has 3 atom stereocenters. The van der Waals surface area contributed by atoms with Crippen molar-refractivity contribution in [3.8, 4) is 0 Å². The van der Waals surface area contributed by atoms with Crippen LogP contribution in [0.15, 0.2) is 18.2 Å². The molecule has 1 saturated carbocycles. The van der Waals surface area contributed by atoms with Crippen molar-refractivity contribution in [2.45, 2.75) is 46.0 Å². The first-order valence-corrected chi connectivity index (χ1v) is 6.82. The van der Waals surface area contributed by atoms with E-state index in [0.29, 0.717) is 11.8 Å². The monoisotopic (exact) mass is 246 g/mol. The van der Waals surface area contributed by atoms with Gasteiger partial charge in [0, 0.05) is 0 Å². The summed E-state index contributed by atoms with van der Waals surface area (Å²) in [7, 11) is 0. The van der Waals surface area contributed by atoms with Crippen LogP contribution in [0.1, 0.15) is 48.8 Å². The molecule has 2 rings (SSSR count). The molecule has 0 amide bonds. The van der Waals surface area contributed by atoms with Crippen molar-refractivity contribution in [2.24, 2.45) is 11.8 Å². The maximum Gasteiger partial charge on any atom is 0.306 e. The van der Waals surface area contributed by atoms with Crippen LogP contribution in [-0.2, 0) is 4.79 Å². The molecule has 18 heavy (non-hydrogen) atoms. The molecule has 0 radical (unpaired) electrons. The third kappa shape index (κ3) is 2.74. The van der Waals surface area contributed by atoms with Crippen molar-refractivity contribution in [2.75, 3.05) is 0 Å². The zero-order chi connectivity index (χ0) is 13.3. The average Bonchev–Trinajstić information content (AvgIpc) is 3.09. The lowest BCUT2D eigenvalue weighted by Crippen LogP contribution is -2.05. The second-order valence-electron chi connectivity index (χ2n) is 5.64. The number of carboxylic acids is 1. The average molecular weight is 246 g/mol. The Bertz CT molecular complexity index is 450. The molecule has 2 heteroatoms. The highest BCUT2D eigenvalue weighted by molar-refractivity contribution is 5.73. The van der Waals surface area contributed by atoms with Crippen molar-refractivity contribution in [3.63, 3.8) is 0 Å². The minimum atomic E-state index is -0.615. The van der Waals surface area contributed by atoms with Crippen molar-refractivity contribution in [1.29, 1.82) is 0 Å². The predicted octanol–water partition coefficient (Wildman–Crippen LogP) is 3.91. The van der Waals surface area contributed by atoms with Crippen molar-refractivity contribution in [3.05, 3.63) is 34.9 Å². The first kappa shape index (κ1) is 13.1. The Morgan fingerprint density at radius 3 is 2.72 bits per heavy atom. The van der Waals surface area contributed by atoms with Gasteiger partial charge in [-0.1, -0.05) is 30.7 Å². The van der Waals surface area contributed by atoms with Gasteiger partial charge in [0.25, 0.3) is 0 Å². The molecular formula is C16H22O2. The fraction of sp³-hybridized carbons (Fsp3) is 0.562. The summed E-state index contributed by atoms with van der Waals surface area (Å²) in [5, 5.41) is 8.98. The van der Waals surface area contributed by atoms with E-state index in [-0.39, 0.29) is 5.92 Å². The van der Waals surface area contributed by atoms with Crippen LogP contribution in [0, 0.1) is 25.7 Å². The standard InChI is InChI=1S/C16H22O2/c1-4-12(8-13-9-15(13)16(17)18)14-7-10(2)5-6-11(14)3/h5-7,12-13,15H,4,8-9H2,1-3H3,(H,17,18). The molecule has 3 unspecified atom stereocenters. The van der Waals surface area contributed by atoms with E-state index in [9.17, 15) is 4.79 Å². The Morgan fingerprint density at radius 2 is 2.17 bits per heavy atom. The molecule has 1 aromatic carbocycles. The zero-order valence-corrected chi connectivity index (χ0v) is 11.4. The lowest BCUT2D eigenvalue weighted by molar-refractivity contribution is -0.138. The number of hydrogen-bond donors (Lipinski definition) is 1. The number of aliphatic carboxylic acids is 1. The Labute approximate surface area is 109 Å². The summed E-state index contributed by atoms with van der Waals surface area (Å²) in [6.45, 7) is 6.47. The number of carboxylic acid groups (broad SMARTS) is 1. The lowest BCUT2D eigenvalue weighted by atomic mass is 9.87. The molecular weight excluding hydrogens is 224 g/mol. The fourth-order valence-electron chi connectivity index (χ4n) is 2.89. The molecule has 0 aromatic heterocycles. The lowest BCUT2D eigenvalue weighted by Gasteiger charge is -2.18. The Kier molecular flexibility index (Phi) is 3.74. The molecule has 0 aliphatic heterocycles. The van der Waals surface area contributed by atoms with Gasteiger partial charge < -0.3 is 5.11 Å². The minimum absolute atomic E-state index is 0.0795. The van der Waals surface area contributed by atoms with Gasteiger partial charge in [-0.05, 0) is 56.1 Å². The number of hydrogen-bond acceptors (Lipinski definition) is 1. The number of rotatable bonds is 5. The molecule has 2 nitrogen and oxygen atoms in total. The van der Waals surface area contributed by atoms with Crippen LogP contribution < -0.4 is 0 Å². The van der Waals surface area contributed by atoms with Gasteiger partial charge in [0.05, 0.1) is 5.92 Å². The minimum Gasteiger partial charge on any atom is -0.481 e. The van der Waals surface area contributed by atoms with Crippen LogP contribution in [0.5, 0.6) is 0 Å². The third-order valence-electron chi connectivity index (χ3n) is 4.19. The van der Waals surface area contributed by atoms with E-state index in [1.807, 2.05) is 0 Å². The first-order chi connectivity index (χ1) is 8.52. The number of carbonyl (C=O) groups is 1. The molecule has 1 N–H and O–H groups in total. The summed E-state index contributed by atoms with van der Waals surface area (Å²) < 4.78 is 0. The highest BCUT2D eigenvalue weighted by Crippen LogP contribution is 2.46. The molecule has 1 aliphatic carbocycles. The van der Waals surface area contributed by atoms with Crippen molar-refractivity contribution < 1.29 is 9.90 Å². The van der Waals surface area contributed by atoms with E-state index in [0.717, 1.165) is 19.3 Å². The second-order valence-corrected chi connectivity index (χ2v) is 5.64. The molecule has 1 aromatic rings. The summed E-state index contributed by atoms with van der Waals surface area (Å²) in [5.41, 5.74) is 4.04. The van der Waals surface area contributed by atoms with Crippen molar-refractivity contribution in [1.82, 2.24) is 0 Å². The SMILES string of the molecule is CCC(CC1CC1C(=O)O)c1cc(C)ccc1C. The van der Waals surface area contributed by atoms with Gasteiger partial charge in [-0.2, -0.15) is 0 Å². The van der Waals surface area contributed by atoms with Crippen LogP contribution in [0.2, 0.25) is 0 Å². The van der Waals surface area contributed by atoms with Crippen LogP contribution in [-0.4, -0.2) is 11.1 Å². The molecule has 0 heterocycles. The highest BCUT2D eigenvalue weighted by Gasteiger charge is 2.43. The molecule has 1 aliphatic rings. The van der Waals surface area contributed by atoms with Gasteiger partial charge in [0.2, 0.25) is 0 Å². The predicted molar refractivity (Wildman–Crippen MR) is 72.8 cm³/mol. The van der Waals surface area contributed by atoms with E-state index in [1.165, 1.54) is 16.7 Å². The normalized spacial score (nSPS) is 23.7. The van der Waals surface area contributed by atoms with E-state index in [2.05, 4.69) is 39.0 Å². The molecule has 0 spiro atoms. The van der Waals surface area contributed by atoms with E-state index >= 15 is 0 Å². The third-order valence-corrected chi connectivity index (χ3v) is 4.19. The van der Waals surface area contributed by atoms with Crippen LogP contribution in [0.4, 0.5) is 0 Å². The van der Waals surface area contributed by atoms with E-state index < -0.39 is 5.97 Å². The zero-order valence-electron chi connectivity index (χ0n) is 11.4. The quantitative estimate of drug-likeness (QED) is 0.855. The second kappa shape index (κ2) is 5.13. The van der Waals surface area contributed by atoms with Gasteiger partial charge in [-0.25, -0.2) is 0 Å². The van der Waals surface area contributed by atoms with E-state index in [1.54, 1.807) is 0 Å². The van der Waals surface area contributed by atoms with Gasteiger partial charge in [-0.3, -0.25) is 4.79 Å². The number of aryl methyl sites for hydroxylation is 2. The Hall–Kier alpha value is -1.31. The Balaban J connectivity index is 2.09. The van der Waals surface area contributed by atoms with Gasteiger partial charge in [0.1, 0.15) is 0 Å². The smallest absolute Gasteiger partial charge is 0.306 e. The maximum atomic E-state index is 10.9. The molecule has 1 fully saturated rings. The van der Waals surface area contributed by atoms with Crippen LogP contribution in [0.25, 0.3) is 0 Å². The number of benzene rings is 1. The topological polar surface area (TPSA) is 37.3 Å².